The van der Waals surface area contributed by atoms with Gasteiger partial charge in [0, 0.05) is 18.9 Å². The summed E-state index contributed by atoms with van der Waals surface area (Å²) in [5.41, 5.74) is 3.63. The van der Waals surface area contributed by atoms with Gasteiger partial charge in [-0.3, -0.25) is 9.48 Å². The lowest BCUT2D eigenvalue weighted by atomic mass is 10.2. The molecular weight excluding hydrogens is 394 g/mol. The van der Waals surface area contributed by atoms with Crippen LogP contribution in [0.4, 0.5) is 5.69 Å². The van der Waals surface area contributed by atoms with Crippen molar-refractivity contribution in [1.82, 2.24) is 19.6 Å². The van der Waals surface area contributed by atoms with E-state index in [4.69, 9.17) is 4.74 Å². The second-order valence-electron chi connectivity index (χ2n) is 7.06. The SMILES string of the molecule is Cc1nn(-c2ccccc2)c(C)c1C(=O)Oc1ccc(NC(=O)c2cnn(C)c2)cc1. The maximum absolute atomic E-state index is 12.8. The van der Waals surface area contributed by atoms with E-state index >= 15 is 0 Å². The summed E-state index contributed by atoms with van der Waals surface area (Å²) in [5, 5.41) is 11.2. The van der Waals surface area contributed by atoms with Gasteiger partial charge in [-0.2, -0.15) is 10.2 Å². The zero-order valence-electron chi connectivity index (χ0n) is 17.4. The van der Waals surface area contributed by atoms with Crippen LogP contribution in [0, 0.1) is 13.8 Å². The molecular formula is C23H21N5O3. The Morgan fingerprint density at radius 3 is 2.35 bits per heavy atom. The van der Waals surface area contributed by atoms with E-state index < -0.39 is 5.97 Å². The second-order valence-corrected chi connectivity index (χ2v) is 7.06. The molecule has 0 saturated carbocycles. The number of aromatic nitrogens is 4. The van der Waals surface area contributed by atoms with Gasteiger partial charge in [0.15, 0.2) is 0 Å². The smallest absolute Gasteiger partial charge is 0.347 e. The third kappa shape index (κ3) is 4.23. The van der Waals surface area contributed by atoms with Crippen LogP contribution in [0.3, 0.4) is 0 Å². The van der Waals surface area contributed by atoms with E-state index in [1.807, 2.05) is 37.3 Å². The number of anilines is 1. The molecule has 0 aliphatic rings. The summed E-state index contributed by atoms with van der Waals surface area (Å²) in [7, 11) is 1.74. The molecule has 0 fully saturated rings. The van der Waals surface area contributed by atoms with Crippen LogP contribution in [0.5, 0.6) is 5.75 Å². The highest BCUT2D eigenvalue weighted by Gasteiger charge is 2.21. The van der Waals surface area contributed by atoms with Crippen LogP contribution >= 0.6 is 0 Å². The first-order valence-corrected chi connectivity index (χ1v) is 9.66. The van der Waals surface area contributed by atoms with Crippen LogP contribution in [-0.4, -0.2) is 31.4 Å². The van der Waals surface area contributed by atoms with Crippen molar-refractivity contribution in [2.75, 3.05) is 5.32 Å². The van der Waals surface area contributed by atoms with Crippen LogP contribution in [0.25, 0.3) is 5.69 Å². The van der Waals surface area contributed by atoms with E-state index in [-0.39, 0.29) is 5.91 Å². The van der Waals surface area contributed by atoms with Crippen LogP contribution < -0.4 is 10.1 Å². The highest BCUT2D eigenvalue weighted by atomic mass is 16.5. The molecule has 0 aliphatic carbocycles. The number of para-hydroxylation sites is 1. The van der Waals surface area contributed by atoms with Gasteiger partial charge in [0.2, 0.25) is 0 Å². The molecule has 2 heterocycles. The fraction of sp³-hybridized carbons (Fsp3) is 0.130. The van der Waals surface area contributed by atoms with Crippen molar-refractivity contribution >= 4 is 17.6 Å². The van der Waals surface area contributed by atoms with Gasteiger partial charge in [0.05, 0.1) is 28.8 Å². The topological polar surface area (TPSA) is 91.0 Å². The van der Waals surface area contributed by atoms with Gasteiger partial charge in [-0.05, 0) is 50.2 Å². The maximum Gasteiger partial charge on any atom is 0.347 e. The van der Waals surface area contributed by atoms with E-state index in [1.54, 1.807) is 53.8 Å². The quantitative estimate of drug-likeness (QED) is 0.396. The number of nitrogens with zero attached hydrogens (tertiary/aromatic N) is 4. The van der Waals surface area contributed by atoms with E-state index in [0.29, 0.717) is 34.0 Å². The first-order chi connectivity index (χ1) is 14.9. The number of hydrogen-bond acceptors (Lipinski definition) is 5. The minimum atomic E-state index is -0.482. The molecule has 0 radical (unpaired) electrons. The highest BCUT2D eigenvalue weighted by molar-refractivity contribution is 6.04. The molecule has 0 saturated heterocycles. The first-order valence-electron chi connectivity index (χ1n) is 9.66. The molecule has 0 aliphatic heterocycles. The van der Waals surface area contributed by atoms with E-state index in [0.717, 1.165) is 5.69 Å². The zero-order valence-corrected chi connectivity index (χ0v) is 17.4. The number of nitrogens with one attached hydrogen (secondary N) is 1. The lowest BCUT2D eigenvalue weighted by molar-refractivity contribution is 0.0733. The van der Waals surface area contributed by atoms with E-state index in [2.05, 4.69) is 15.5 Å². The summed E-state index contributed by atoms with van der Waals surface area (Å²) >= 11 is 0. The first kappa shape index (κ1) is 20.1. The number of carbonyl (C=O) groups excluding carboxylic acids is 2. The molecule has 2 aromatic heterocycles. The van der Waals surface area contributed by atoms with Crippen molar-refractivity contribution in [3.05, 3.63) is 89.5 Å². The monoisotopic (exact) mass is 415 g/mol. The van der Waals surface area contributed by atoms with Gasteiger partial charge in [-0.15, -0.1) is 0 Å². The van der Waals surface area contributed by atoms with E-state index in [9.17, 15) is 9.59 Å². The molecule has 0 spiro atoms. The van der Waals surface area contributed by atoms with Crippen molar-refractivity contribution in [2.45, 2.75) is 13.8 Å². The minimum absolute atomic E-state index is 0.266. The van der Waals surface area contributed by atoms with Crippen molar-refractivity contribution in [2.24, 2.45) is 7.05 Å². The van der Waals surface area contributed by atoms with Gasteiger partial charge in [-0.1, -0.05) is 18.2 Å². The summed E-state index contributed by atoms with van der Waals surface area (Å²) in [5.74, 6) is -0.377. The molecule has 8 nitrogen and oxygen atoms in total. The molecule has 1 N–H and O–H groups in total. The second kappa shape index (κ2) is 8.27. The predicted octanol–water partition coefficient (Wildman–Crippen LogP) is 3.69. The number of rotatable bonds is 5. The van der Waals surface area contributed by atoms with Gasteiger partial charge < -0.3 is 10.1 Å². The van der Waals surface area contributed by atoms with Crippen LogP contribution in [-0.2, 0) is 7.05 Å². The van der Waals surface area contributed by atoms with Crippen LogP contribution in [0.2, 0.25) is 0 Å². The molecule has 1 amide bonds. The van der Waals surface area contributed by atoms with Crippen LogP contribution in [0.15, 0.2) is 67.0 Å². The normalized spacial score (nSPS) is 10.7. The number of carbonyl (C=O) groups is 2. The van der Waals surface area contributed by atoms with Gasteiger partial charge in [0.25, 0.3) is 5.91 Å². The van der Waals surface area contributed by atoms with Gasteiger partial charge in [-0.25, -0.2) is 9.48 Å². The number of hydrogen-bond donors (Lipinski definition) is 1. The number of ether oxygens (including phenoxy) is 1. The standard InChI is InChI=1S/C23H21N5O3/c1-15-21(16(2)28(26-15)19-7-5-4-6-8-19)23(30)31-20-11-9-18(10-12-20)25-22(29)17-13-24-27(3)14-17/h4-14H,1-3H3,(H,25,29). The summed E-state index contributed by atoms with van der Waals surface area (Å²) < 4.78 is 8.82. The molecule has 0 atom stereocenters. The Morgan fingerprint density at radius 1 is 1.00 bits per heavy atom. The molecule has 0 unspecified atom stereocenters. The maximum atomic E-state index is 12.8. The summed E-state index contributed by atoms with van der Waals surface area (Å²) in [6.45, 7) is 3.61. The van der Waals surface area contributed by atoms with Crippen molar-refractivity contribution < 1.29 is 14.3 Å². The van der Waals surface area contributed by atoms with Gasteiger partial charge in [0.1, 0.15) is 11.3 Å². The zero-order chi connectivity index (χ0) is 22.0. The summed E-state index contributed by atoms with van der Waals surface area (Å²) in [6.07, 6.45) is 3.12. The Bertz CT molecular complexity index is 1240. The number of benzene rings is 2. The fourth-order valence-corrected chi connectivity index (χ4v) is 3.26. The Labute approximate surface area is 179 Å². The lowest BCUT2D eigenvalue weighted by Gasteiger charge is -2.08. The van der Waals surface area contributed by atoms with Crippen molar-refractivity contribution in [1.29, 1.82) is 0 Å². The molecule has 31 heavy (non-hydrogen) atoms. The minimum Gasteiger partial charge on any atom is -0.423 e. The van der Waals surface area contributed by atoms with Crippen molar-refractivity contribution in [3.63, 3.8) is 0 Å². The average molecular weight is 415 g/mol. The summed E-state index contributed by atoms with van der Waals surface area (Å²) in [4.78, 5) is 25.0. The number of amides is 1. The number of esters is 1. The summed E-state index contributed by atoms with van der Waals surface area (Å²) in [6, 6.07) is 16.2. The molecule has 156 valence electrons. The third-order valence-electron chi connectivity index (χ3n) is 4.79. The van der Waals surface area contributed by atoms with E-state index in [1.165, 1.54) is 6.20 Å². The predicted molar refractivity (Wildman–Crippen MR) is 116 cm³/mol. The third-order valence-corrected chi connectivity index (χ3v) is 4.79. The highest BCUT2D eigenvalue weighted by Crippen LogP contribution is 2.22. The Morgan fingerprint density at radius 2 is 1.71 bits per heavy atom. The Balaban J connectivity index is 1.47. The molecule has 4 rings (SSSR count). The fourth-order valence-electron chi connectivity index (χ4n) is 3.26. The molecule has 4 aromatic rings. The lowest BCUT2D eigenvalue weighted by Crippen LogP contribution is -2.12. The Hall–Kier alpha value is -4.20. The largest absolute Gasteiger partial charge is 0.423 e. The van der Waals surface area contributed by atoms with Crippen LogP contribution in [0.1, 0.15) is 32.1 Å². The van der Waals surface area contributed by atoms with Crippen molar-refractivity contribution in [3.8, 4) is 11.4 Å². The molecule has 0 bridgehead atoms. The number of aryl methyl sites for hydroxylation is 2. The van der Waals surface area contributed by atoms with Gasteiger partial charge >= 0.3 is 5.97 Å². The molecule has 8 heteroatoms. The molecule has 2 aromatic carbocycles. The average Bonchev–Trinajstić information content (AvgIpc) is 3.33. The Kier molecular flexibility index (Phi) is 5.36.